The van der Waals surface area contributed by atoms with E-state index < -0.39 is 5.97 Å². The standard InChI is InChI=1S/C18H24N4O3/c1-20(14-18(23)24)12-17-13-21(9-10-25-17)11-15-3-5-16(6-4-15)22-8-2-7-19-22/h2-8,17H,9-14H2,1H3,(H,23,24). The number of nitrogens with zero attached hydrogens (tertiary/aromatic N) is 4. The van der Waals surface area contributed by atoms with Crippen LogP contribution >= 0.6 is 0 Å². The van der Waals surface area contributed by atoms with Crippen LogP contribution in [0.2, 0.25) is 0 Å². The first kappa shape index (κ1) is 17.6. The summed E-state index contributed by atoms with van der Waals surface area (Å²) in [6.07, 6.45) is 3.74. The van der Waals surface area contributed by atoms with Crippen molar-refractivity contribution in [3.05, 3.63) is 48.3 Å². The van der Waals surface area contributed by atoms with Gasteiger partial charge in [-0.1, -0.05) is 12.1 Å². The minimum atomic E-state index is -0.813. The lowest BCUT2D eigenvalue weighted by atomic mass is 10.1. The summed E-state index contributed by atoms with van der Waals surface area (Å²) in [6, 6.07) is 10.3. The zero-order valence-corrected chi connectivity index (χ0v) is 14.4. The van der Waals surface area contributed by atoms with E-state index in [2.05, 4.69) is 34.3 Å². The molecule has 1 unspecified atom stereocenters. The molecule has 0 aliphatic carbocycles. The number of carboxylic acids is 1. The van der Waals surface area contributed by atoms with Gasteiger partial charge < -0.3 is 9.84 Å². The highest BCUT2D eigenvalue weighted by molar-refractivity contribution is 5.69. The van der Waals surface area contributed by atoms with Crippen LogP contribution in [-0.2, 0) is 16.1 Å². The number of carbonyl (C=O) groups is 1. The van der Waals surface area contributed by atoms with E-state index in [0.717, 1.165) is 25.3 Å². The van der Waals surface area contributed by atoms with Crippen molar-refractivity contribution in [3.8, 4) is 5.69 Å². The number of aliphatic carboxylic acids is 1. The molecule has 25 heavy (non-hydrogen) atoms. The molecule has 0 bridgehead atoms. The van der Waals surface area contributed by atoms with Crippen LogP contribution in [0.25, 0.3) is 5.69 Å². The first-order valence-electron chi connectivity index (χ1n) is 8.43. The molecule has 0 saturated carbocycles. The molecule has 7 nitrogen and oxygen atoms in total. The largest absolute Gasteiger partial charge is 0.480 e. The highest BCUT2D eigenvalue weighted by Crippen LogP contribution is 2.14. The van der Waals surface area contributed by atoms with E-state index in [-0.39, 0.29) is 12.6 Å². The van der Waals surface area contributed by atoms with Crippen molar-refractivity contribution >= 4 is 5.97 Å². The lowest BCUT2D eigenvalue weighted by Gasteiger charge is -2.34. The molecular weight excluding hydrogens is 320 g/mol. The SMILES string of the molecule is CN(CC(=O)O)CC1CN(Cc2ccc(-n3cccn3)cc2)CCO1. The van der Waals surface area contributed by atoms with E-state index in [1.165, 1.54) is 5.56 Å². The highest BCUT2D eigenvalue weighted by atomic mass is 16.5. The van der Waals surface area contributed by atoms with Gasteiger partial charge in [0.1, 0.15) is 0 Å². The first-order valence-corrected chi connectivity index (χ1v) is 8.43. The van der Waals surface area contributed by atoms with E-state index in [9.17, 15) is 4.79 Å². The second-order valence-electron chi connectivity index (χ2n) is 6.44. The van der Waals surface area contributed by atoms with Gasteiger partial charge in [0, 0.05) is 38.6 Å². The Bertz CT molecular complexity index is 672. The van der Waals surface area contributed by atoms with E-state index in [4.69, 9.17) is 9.84 Å². The van der Waals surface area contributed by atoms with Crippen LogP contribution in [0.4, 0.5) is 0 Å². The van der Waals surface area contributed by atoms with Crippen molar-refractivity contribution in [2.24, 2.45) is 0 Å². The Hall–Kier alpha value is -2.22. The molecule has 1 N–H and O–H groups in total. The van der Waals surface area contributed by atoms with E-state index in [1.54, 1.807) is 11.1 Å². The number of benzene rings is 1. The maximum absolute atomic E-state index is 10.8. The molecule has 0 spiro atoms. The third-order valence-electron chi connectivity index (χ3n) is 4.25. The third-order valence-corrected chi connectivity index (χ3v) is 4.25. The smallest absolute Gasteiger partial charge is 0.317 e. The number of ether oxygens (including phenoxy) is 1. The molecule has 7 heteroatoms. The van der Waals surface area contributed by atoms with Gasteiger partial charge in [0.05, 0.1) is 24.9 Å². The summed E-state index contributed by atoms with van der Waals surface area (Å²) in [4.78, 5) is 14.9. The van der Waals surface area contributed by atoms with Crippen LogP contribution in [0.3, 0.4) is 0 Å². The zero-order valence-electron chi connectivity index (χ0n) is 14.4. The molecule has 0 radical (unpaired) electrons. The highest BCUT2D eigenvalue weighted by Gasteiger charge is 2.22. The summed E-state index contributed by atoms with van der Waals surface area (Å²) in [5.41, 5.74) is 2.29. The number of hydrogen-bond donors (Lipinski definition) is 1. The number of likely N-dealkylation sites (N-methyl/N-ethyl adjacent to an activating group) is 1. The number of morpholine rings is 1. The minimum Gasteiger partial charge on any atom is -0.480 e. The summed E-state index contributed by atoms with van der Waals surface area (Å²) < 4.78 is 7.62. The van der Waals surface area contributed by atoms with Gasteiger partial charge in [-0.05, 0) is 30.8 Å². The van der Waals surface area contributed by atoms with E-state index >= 15 is 0 Å². The molecule has 1 aliphatic rings. The number of hydrogen-bond acceptors (Lipinski definition) is 5. The van der Waals surface area contributed by atoms with Gasteiger partial charge in [-0.15, -0.1) is 0 Å². The Morgan fingerprint density at radius 3 is 2.88 bits per heavy atom. The van der Waals surface area contributed by atoms with Crippen molar-refractivity contribution in [1.82, 2.24) is 19.6 Å². The van der Waals surface area contributed by atoms with Crippen molar-refractivity contribution in [2.75, 3.05) is 39.8 Å². The average molecular weight is 344 g/mol. The van der Waals surface area contributed by atoms with Crippen LogP contribution in [0.5, 0.6) is 0 Å². The average Bonchev–Trinajstić information content (AvgIpc) is 3.09. The Balaban J connectivity index is 1.53. The summed E-state index contributed by atoms with van der Waals surface area (Å²) >= 11 is 0. The fraction of sp³-hybridized carbons (Fsp3) is 0.444. The summed E-state index contributed by atoms with van der Waals surface area (Å²) in [7, 11) is 1.81. The van der Waals surface area contributed by atoms with Gasteiger partial charge in [0.25, 0.3) is 0 Å². The lowest BCUT2D eigenvalue weighted by molar-refractivity contribution is -0.138. The Labute approximate surface area is 147 Å². The van der Waals surface area contributed by atoms with Crippen molar-refractivity contribution < 1.29 is 14.6 Å². The van der Waals surface area contributed by atoms with E-state index in [0.29, 0.717) is 13.2 Å². The molecular formula is C18H24N4O3. The van der Waals surface area contributed by atoms with Crippen LogP contribution in [-0.4, -0.2) is 76.6 Å². The number of rotatable bonds is 7. The molecule has 0 amide bonds. The second-order valence-corrected chi connectivity index (χ2v) is 6.44. The van der Waals surface area contributed by atoms with Crippen LogP contribution in [0, 0.1) is 0 Å². The van der Waals surface area contributed by atoms with Crippen molar-refractivity contribution in [3.63, 3.8) is 0 Å². The molecule has 2 aromatic rings. The third kappa shape index (κ3) is 5.12. The predicted octanol–water partition coefficient (Wildman–Crippen LogP) is 1.09. The Morgan fingerprint density at radius 2 is 2.20 bits per heavy atom. The molecule has 3 rings (SSSR count). The number of aromatic nitrogens is 2. The topological polar surface area (TPSA) is 70.8 Å². The van der Waals surface area contributed by atoms with Gasteiger partial charge in [-0.2, -0.15) is 5.10 Å². The summed E-state index contributed by atoms with van der Waals surface area (Å²) in [6.45, 7) is 3.90. The van der Waals surface area contributed by atoms with Gasteiger partial charge in [0.15, 0.2) is 0 Å². The van der Waals surface area contributed by atoms with Gasteiger partial charge in [0.2, 0.25) is 0 Å². The molecule has 1 saturated heterocycles. The van der Waals surface area contributed by atoms with Crippen LogP contribution < -0.4 is 0 Å². The molecule has 1 aromatic heterocycles. The lowest BCUT2D eigenvalue weighted by Crippen LogP contribution is -2.47. The zero-order chi connectivity index (χ0) is 17.6. The van der Waals surface area contributed by atoms with E-state index in [1.807, 2.05) is 24.0 Å². The normalized spacial score (nSPS) is 18.6. The van der Waals surface area contributed by atoms with Gasteiger partial charge in [-0.3, -0.25) is 14.6 Å². The molecule has 134 valence electrons. The van der Waals surface area contributed by atoms with Gasteiger partial charge in [-0.25, -0.2) is 4.68 Å². The minimum absolute atomic E-state index is 0.0365. The quantitative estimate of drug-likeness (QED) is 0.811. The molecule has 1 aliphatic heterocycles. The Morgan fingerprint density at radius 1 is 1.40 bits per heavy atom. The first-order chi connectivity index (χ1) is 12.1. The maximum atomic E-state index is 10.8. The second kappa shape index (κ2) is 8.24. The summed E-state index contributed by atoms with van der Waals surface area (Å²) in [5, 5.41) is 13.1. The summed E-state index contributed by atoms with van der Waals surface area (Å²) in [5.74, 6) is -0.813. The molecule has 2 heterocycles. The monoisotopic (exact) mass is 344 g/mol. The van der Waals surface area contributed by atoms with Crippen molar-refractivity contribution in [2.45, 2.75) is 12.6 Å². The van der Waals surface area contributed by atoms with Crippen LogP contribution in [0.1, 0.15) is 5.56 Å². The van der Waals surface area contributed by atoms with Crippen LogP contribution in [0.15, 0.2) is 42.7 Å². The Kier molecular flexibility index (Phi) is 5.80. The molecule has 1 fully saturated rings. The maximum Gasteiger partial charge on any atom is 0.317 e. The molecule has 1 atom stereocenters. The molecule has 1 aromatic carbocycles. The number of carboxylic acid groups (broad SMARTS) is 1. The predicted molar refractivity (Wildman–Crippen MR) is 93.7 cm³/mol. The fourth-order valence-corrected chi connectivity index (χ4v) is 3.11. The van der Waals surface area contributed by atoms with Gasteiger partial charge >= 0.3 is 5.97 Å². The van der Waals surface area contributed by atoms with Crippen molar-refractivity contribution in [1.29, 1.82) is 0 Å². The fourth-order valence-electron chi connectivity index (χ4n) is 3.11.